The molecule has 0 fully saturated rings. The normalized spacial score (nSPS) is 11.5. The van der Waals surface area contributed by atoms with Crippen molar-refractivity contribution in [3.05, 3.63) is 34.9 Å². The van der Waals surface area contributed by atoms with E-state index in [-0.39, 0.29) is 10.9 Å². The first kappa shape index (κ1) is 12.0. The van der Waals surface area contributed by atoms with Gasteiger partial charge in [-0.05, 0) is 11.6 Å². The van der Waals surface area contributed by atoms with Gasteiger partial charge in [0, 0.05) is 5.33 Å². The van der Waals surface area contributed by atoms with Crippen LogP contribution in [0.5, 0.6) is 0 Å². The highest BCUT2D eigenvalue weighted by atomic mass is 79.9. The Labute approximate surface area is 91.8 Å². The summed E-state index contributed by atoms with van der Waals surface area (Å²) < 4.78 is 37.3. The lowest BCUT2D eigenvalue weighted by Crippen LogP contribution is -2.14. The van der Waals surface area contributed by atoms with Crippen LogP contribution in [0.3, 0.4) is 0 Å². The number of rotatable bonds is 2. The molecule has 0 atom stereocenters. The second kappa shape index (κ2) is 4.22. The van der Waals surface area contributed by atoms with Gasteiger partial charge in [-0.1, -0.05) is 28.1 Å². The summed E-state index contributed by atoms with van der Waals surface area (Å²) in [6.07, 6.45) is -4.65. The Kier molecular flexibility index (Phi) is 3.38. The number of carboxylic acids is 1. The molecule has 15 heavy (non-hydrogen) atoms. The second-order valence-corrected chi connectivity index (χ2v) is 3.34. The summed E-state index contributed by atoms with van der Waals surface area (Å²) >= 11 is 2.95. The van der Waals surface area contributed by atoms with Crippen LogP contribution in [0, 0.1) is 0 Å². The molecule has 82 valence electrons. The van der Waals surface area contributed by atoms with Crippen LogP contribution in [0.15, 0.2) is 18.2 Å². The fourth-order valence-corrected chi connectivity index (χ4v) is 1.67. The predicted molar refractivity (Wildman–Crippen MR) is 51.0 cm³/mol. The third kappa shape index (κ3) is 2.50. The standard InChI is InChI=1S/C9H6BrF3O2/c10-4-5-2-1-3-6(9(11,12)13)7(5)8(14)15/h1-3H,4H2,(H,14,15). The van der Waals surface area contributed by atoms with E-state index in [0.29, 0.717) is 0 Å². The van der Waals surface area contributed by atoms with Crippen molar-refractivity contribution in [3.8, 4) is 0 Å². The molecule has 0 aliphatic carbocycles. The van der Waals surface area contributed by atoms with Crippen molar-refractivity contribution in [2.45, 2.75) is 11.5 Å². The Hall–Kier alpha value is -1.04. The van der Waals surface area contributed by atoms with Crippen LogP contribution in [0.4, 0.5) is 13.2 Å². The summed E-state index contributed by atoms with van der Waals surface area (Å²) in [5.74, 6) is -1.57. The Balaban J connectivity index is 3.46. The van der Waals surface area contributed by atoms with Crippen LogP contribution in [-0.2, 0) is 11.5 Å². The number of alkyl halides is 4. The maximum Gasteiger partial charge on any atom is 0.417 e. The smallest absolute Gasteiger partial charge is 0.417 e. The van der Waals surface area contributed by atoms with Gasteiger partial charge in [-0.15, -0.1) is 0 Å². The molecule has 0 unspecified atom stereocenters. The maximum atomic E-state index is 12.4. The van der Waals surface area contributed by atoms with Gasteiger partial charge in [-0.25, -0.2) is 4.79 Å². The van der Waals surface area contributed by atoms with E-state index in [4.69, 9.17) is 5.11 Å². The number of carbonyl (C=O) groups is 1. The maximum absolute atomic E-state index is 12.4. The van der Waals surface area contributed by atoms with Crippen molar-refractivity contribution in [3.63, 3.8) is 0 Å². The molecule has 0 aliphatic rings. The van der Waals surface area contributed by atoms with Crippen LogP contribution in [0.2, 0.25) is 0 Å². The van der Waals surface area contributed by atoms with E-state index < -0.39 is 23.3 Å². The van der Waals surface area contributed by atoms with E-state index in [1.807, 2.05) is 0 Å². The van der Waals surface area contributed by atoms with Gasteiger partial charge in [0.1, 0.15) is 0 Å². The van der Waals surface area contributed by atoms with Crippen LogP contribution < -0.4 is 0 Å². The third-order valence-electron chi connectivity index (χ3n) is 1.81. The molecule has 1 aromatic carbocycles. The van der Waals surface area contributed by atoms with Crippen molar-refractivity contribution in [1.29, 1.82) is 0 Å². The molecule has 0 spiro atoms. The average molecular weight is 283 g/mol. The lowest BCUT2D eigenvalue weighted by molar-refractivity contribution is -0.138. The quantitative estimate of drug-likeness (QED) is 0.845. The monoisotopic (exact) mass is 282 g/mol. The van der Waals surface area contributed by atoms with Gasteiger partial charge < -0.3 is 5.11 Å². The van der Waals surface area contributed by atoms with Crippen molar-refractivity contribution >= 4 is 21.9 Å². The number of carboxylic acid groups (broad SMARTS) is 1. The van der Waals surface area contributed by atoms with E-state index in [9.17, 15) is 18.0 Å². The molecule has 1 N–H and O–H groups in total. The number of benzene rings is 1. The van der Waals surface area contributed by atoms with Gasteiger partial charge in [0.05, 0.1) is 11.1 Å². The van der Waals surface area contributed by atoms with Crippen LogP contribution in [0.25, 0.3) is 0 Å². The molecular formula is C9H6BrF3O2. The molecule has 0 bridgehead atoms. The summed E-state index contributed by atoms with van der Waals surface area (Å²) in [7, 11) is 0. The summed E-state index contributed by atoms with van der Waals surface area (Å²) in [4.78, 5) is 10.7. The van der Waals surface area contributed by atoms with E-state index in [2.05, 4.69) is 15.9 Å². The molecule has 0 amide bonds. The fourth-order valence-electron chi connectivity index (χ4n) is 1.20. The van der Waals surface area contributed by atoms with Gasteiger partial charge >= 0.3 is 12.1 Å². The van der Waals surface area contributed by atoms with Crippen LogP contribution in [-0.4, -0.2) is 11.1 Å². The molecule has 1 aromatic rings. The molecule has 0 aliphatic heterocycles. The van der Waals surface area contributed by atoms with E-state index in [1.54, 1.807) is 0 Å². The molecule has 0 aromatic heterocycles. The minimum Gasteiger partial charge on any atom is -0.478 e. The van der Waals surface area contributed by atoms with Gasteiger partial charge in [0.2, 0.25) is 0 Å². The van der Waals surface area contributed by atoms with Crippen LogP contribution >= 0.6 is 15.9 Å². The van der Waals surface area contributed by atoms with Crippen molar-refractivity contribution in [2.75, 3.05) is 0 Å². The van der Waals surface area contributed by atoms with E-state index in [1.165, 1.54) is 12.1 Å². The first-order valence-corrected chi connectivity index (χ1v) is 4.98. The lowest BCUT2D eigenvalue weighted by Gasteiger charge is -2.12. The summed E-state index contributed by atoms with van der Waals surface area (Å²) in [5.41, 5.74) is -1.70. The largest absolute Gasteiger partial charge is 0.478 e. The number of aromatic carboxylic acids is 1. The highest BCUT2D eigenvalue weighted by Gasteiger charge is 2.36. The zero-order chi connectivity index (χ0) is 11.6. The Morgan fingerprint density at radius 1 is 1.40 bits per heavy atom. The molecule has 2 nitrogen and oxygen atoms in total. The van der Waals surface area contributed by atoms with E-state index in [0.717, 1.165) is 6.07 Å². The van der Waals surface area contributed by atoms with Gasteiger partial charge in [-0.2, -0.15) is 13.2 Å². The fraction of sp³-hybridized carbons (Fsp3) is 0.222. The van der Waals surface area contributed by atoms with Crippen molar-refractivity contribution in [1.82, 2.24) is 0 Å². The lowest BCUT2D eigenvalue weighted by atomic mass is 10.0. The van der Waals surface area contributed by atoms with Crippen LogP contribution in [0.1, 0.15) is 21.5 Å². The minimum absolute atomic E-state index is 0.0680. The van der Waals surface area contributed by atoms with Gasteiger partial charge in [0.25, 0.3) is 0 Å². The summed E-state index contributed by atoms with van der Waals surface area (Å²) in [6.45, 7) is 0. The second-order valence-electron chi connectivity index (χ2n) is 2.78. The highest BCUT2D eigenvalue weighted by molar-refractivity contribution is 9.08. The minimum atomic E-state index is -4.65. The number of halogens is 4. The van der Waals surface area contributed by atoms with Gasteiger partial charge in [0.15, 0.2) is 0 Å². The van der Waals surface area contributed by atoms with Gasteiger partial charge in [-0.3, -0.25) is 0 Å². The zero-order valence-corrected chi connectivity index (χ0v) is 8.89. The average Bonchev–Trinajstić information content (AvgIpc) is 2.15. The Morgan fingerprint density at radius 2 is 2.00 bits per heavy atom. The molecule has 0 heterocycles. The summed E-state index contributed by atoms with van der Waals surface area (Å²) in [5, 5.41) is 8.79. The first-order chi connectivity index (χ1) is 6.88. The first-order valence-electron chi connectivity index (χ1n) is 3.86. The van der Waals surface area contributed by atoms with Crippen molar-refractivity contribution in [2.24, 2.45) is 0 Å². The van der Waals surface area contributed by atoms with E-state index >= 15 is 0 Å². The third-order valence-corrected chi connectivity index (χ3v) is 2.42. The molecule has 0 saturated carbocycles. The Bertz CT molecular complexity index is 387. The molecule has 0 radical (unpaired) electrons. The highest BCUT2D eigenvalue weighted by Crippen LogP contribution is 2.33. The molecule has 1 rings (SSSR count). The molecule has 0 saturated heterocycles. The Morgan fingerprint density at radius 3 is 2.40 bits per heavy atom. The zero-order valence-electron chi connectivity index (χ0n) is 7.31. The molecule has 6 heteroatoms. The SMILES string of the molecule is O=C(O)c1c(CBr)cccc1C(F)(F)F. The predicted octanol–water partition coefficient (Wildman–Crippen LogP) is 3.30. The van der Waals surface area contributed by atoms with Crippen molar-refractivity contribution < 1.29 is 23.1 Å². The number of hydrogen-bond donors (Lipinski definition) is 1. The molecular weight excluding hydrogens is 277 g/mol. The topological polar surface area (TPSA) is 37.3 Å². The summed E-state index contributed by atoms with van der Waals surface area (Å²) in [6, 6.07) is 3.29. The number of hydrogen-bond acceptors (Lipinski definition) is 1.